The number of hydrogen-bond donors (Lipinski definition) is 1. The summed E-state index contributed by atoms with van der Waals surface area (Å²) in [4.78, 5) is 28.3. The molecule has 124 valence electrons. The molecule has 0 aliphatic heterocycles. The number of para-hydroxylation sites is 2. The lowest BCUT2D eigenvalue weighted by Gasteiger charge is -2.06. The fourth-order valence-corrected chi connectivity index (χ4v) is 2.95. The van der Waals surface area contributed by atoms with E-state index in [2.05, 4.69) is 4.98 Å². The second kappa shape index (κ2) is 5.94. The highest BCUT2D eigenvalue weighted by Crippen LogP contribution is 2.26. The smallest absolute Gasteiger partial charge is 0.347 e. The second-order valence-corrected chi connectivity index (χ2v) is 5.63. The zero-order chi connectivity index (χ0) is 17.4. The average molecular weight is 333 g/mol. The normalized spacial score (nSPS) is 11.1. The molecule has 4 rings (SSSR count). The Labute approximate surface area is 142 Å². The summed E-state index contributed by atoms with van der Waals surface area (Å²) in [7, 11) is 0. The number of H-pyrrole nitrogens is 1. The van der Waals surface area contributed by atoms with Crippen molar-refractivity contribution in [2.24, 2.45) is 0 Å². The number of ketones is 1. The molecule has 0 aliphatic rings. The van der Waals surface area contributed by atoms with Gasteiger partial charge in [0, 0.05) is 28.0 Å². The Bertz CT molecular complexity index is 1150. The van der Waals surface area contributed by atoms with Gasteiger partial charge in [0.25, 0.3) is 0 Å². The largest absolute Gasteiger partial charge is 0.490 e. The van der Waals surface area contributed by atoms with E-state index in [4.69, 9.17) is 9.15 Å². The molecule has 4 aromatic rings. The number of benzene rings is 2. The molecule has 0 saturated heterocycles. The van der Waals surface area contributed by atoms with Crippen molar-refractivity contribution in [1.82, 2.24) is 4.98 Å². The van der Waals surface area contributed by atoms with Crippen LogP contribution in [0.25, 0.3) is 21.9 Å². The number of carbonyl (C=O) groups excluding carboxylic acids is 1. The van der Waals surface area contributed by atoms with Crippen molar-refractivity contribution in [3.05, 3.63) is 76.3 Å². The zero-order valence-corrected chi connectivity index (χ0v) is 13.5. The SMILES string of the molecule is CCOc1cccc2cc(C(=O)c3c[nH]c4ccccc34)c(=O)oc12. The van der Waals surface area contributed by atoms with E-state index in [1.54, 1.807) is 30.5 Å². The van der Waals surface area contributed by atoms with E-state index in [-0.39, 0.29) is 11.3 Å². The molecular weight excluding hydrogens is 318 g/mol. The lowest BCUT2D eigenvalue weighted by molar-refractivity contribution is 0.103. The van der Waals surface area contributed by atoms with Crippen LogP contribution in [0.15, 0.2) is 63.9 Å². The van der Waals surface area contributed by atoms with Crippen molar-refractivity contribution < 1.29 is 13.9 Å². The Morgan fingerprint density at radius 3 is 2.80 bits per heavy atom. The van der Waals surface area contributed by atoms with Crippen molar-refractivity contribution in [3.8, 4) is 5.75 Å². The number of aromatic amines is 1. The van der Waals surface area contributed by atoms with E-state index < -0.39 is 5.63 Å². The third kappa shape index (κ3) is 2.50. The zero-order valence-electron chi connectivity index (χ0n) is 13.5. The van der Waals surface area contributed by atoms with Gasteiger partial charge < -0.3 is 14.1 Å². The Balaban J connectivity index is 1.88. The summed E-state index contributed by atoms with van der Waals surface area (Å²) in [5, 5.41) is 1.42. The quantitative estimate of drug-likeness (QED) is 0.454. The van der Waals surface area contributed by atoms with Gasteiger partial charge in [-0.1, -0.05) is 30.3 Å². The lowest BCUT2D eigenvalue weighted by Crippen LogP contribution is -2.14. The minimum Gasteiger partial charge on any atom is -0.490 e. The first-order valence-corrected chi connectivity index (χ1v) is 7.99. The number of hydrogen-bond acceptors (Lipinski definition) is 4. The van der Waals surface area contributed by atoms with Gasteiger partial charge in [-0.3, -0.25) is 4.79 Å². The maximum atomic E-state index is 12.9. The van der Waals surface area contributed by atoms with E-state index in [0.717, 1.165) is 10.9 Å². The predicted molar refractivity (Wildman–Crippen MR) is 95.4 cm³/mol. The minimum atomic E-state index is -0.671. The van der Waals surface area contributed by atoms with Crippen molar-refractivity contribution in [2.45, 2.75) is 6.92 Å². The molecule has 2 heterocycles. The predicted octanol–water partition coefficient (Wildman–Crippen LogP) is 3.90. The summed E-state index contributed by atoms with van der Waals surface area (Å²) in [6.07, 6.45) is 1.62. The van der Waals surface area contributed by atoms with Crippen LogP contribution in [-0.2, 0) is 0 Å². The molecule has 0 bridgehead atoms. The highest BCUT2D eigenvalue weighted by molar-refractivity contribution is 6.16. The van der Waals surface area contributed by atoms with Gasteiger partial charge in [-0.05, 0) is 25.1 Å². The van der Waals surface area contributed by atoms with Crippen LogP contribution in [0.3, 0.4) is 0 Å². The van der Waals surface area contributed by atoms with Crippen LogP contribution in [0, 0.1) is 0 Å². The lowest BCUT2D eigenvalue weighted by atomic mass is 10.0. The average Bonchev–Trinajstić information content (AvgIpc) is 3.05. The molecule has 25 heavy (non-hydrogen) atoms. The number of ether oxygens (including phenoxy) is 1. The maximum absolute atomic E-state index is 12.9. The first-order valence-electron chi connectivity index (χ1n) is 7.99. The van der Waals surface area contributed by atoms with Crippen LogP contribution in [0.1, 0.15) is 22.8 Å². The number of carbonyl (C=O) groups is 1. The van der Waals surface area contributed by atoms with E-state index in [1.807, 2.05) is 31.2 Å². The number of aromatic nitrogens is 1. The Hall–Kier alpha value is -3.34. The molecule has 2 aromatic carbocycles. The summed E-state index contributed by atoms with van der Waals surface area (Å²) < 4.78 is 10.9. The molecule has 5 nitrogen and oxygen atoms in total. The number of nitrogens with one attached hydrogen (secondary N) is 1. The fourth-order valence-electron chi connectivity index (χ4n) is 2.95. The third-order valence-corrected chi connectivity index (χ3v) is 4.10. The van der Waals surface area contributed by atoms with Gasteiger partial charge in [0.05, 0.1) is 6.61 Å². The fraction of sp³-hybridized carbons (Fsp3) is 0.100. The van der Waals surface area contributed by atoms with Gasteiger partial charge in [0.2, 0.25) is 5.78 Å². The third-order valence-electron chi connectivity index (χ3n) is 4.10. The molecule has 1 N–H and O–H groups in total. The summed E-state index contributed by atoms with van der Waals surface area (Å²) in [5.74, 6) is 0.123. The second-order valence-electron chi connectivity index (χ2n) is 5.63. The highest BCUT2D eigenvalue weighted by atomic mass is 16.5. The summed E-state index contributed by atoms with van der Waals surface area (Å²) in [6.45, 7) is 2.31. The summed E-state index contributed by atoms with van der Waals surface area (Å²) in [5.41, 5.74) is 0.975. The molecule has 0 fully saturated rings. The molecule has 2 aromatic heterocycles. The summed E-state index contributed by atoms with van der Waals surface area (Å²) in [6, 6.07) is 14.3. The first kappa shape index (κ1) is 15.2. The Morgan fingerprint density at radius 2 is 1.96 bits per heavy atom. The molecule has 0 amide bonds. The van der Waals surface area contributed by atoms with Crippen LogP contribution in [0.4, 0.5) is 0 Å². The van der Waals surface area contributed by atoms with Crippen LogP contribution < -0.4 is 10.4 Å². The van der Waals surface area contributed by atoms with Gasteiger partial charge >= 0.3 is 5.63 Å². The van der Waals surface area contributed by atoms with E-state index in [1.165, 1.54) is 0 Å². The monoisotopic (exact) mass is 333 g/mol. The molecule has 0 radical (unpaired) electrons. The van der Waals surface area contributed by atoms with Gasteiger partial charge in [-0.15, -0.1) is 0 Å². The first-order chi connectivity index (χ1) is 12.2. The Kier molecular flexibility index (Phi) is 3.61. The summed E-state index contributed by atoms with van der Waals surface area (Å²) >= 11 is 0. The van der Waals surface area contributed by atoms with Gasteiger partial charge in [0.15, 0.2) is 11.3 Å². The highest BCUT2D eigenvalue weighted by Gasteiger charge is 2.20. The molecule has 0 unspecified atom stereocenters. The van der Waals surface area contributed by atoms with Crippen LogP contribution in [-0.4, -0.2) is 17.4 Å². The van der Waals surface area contributed by atoms with Crippen molar-refractivity contribution in [3.63, 3.8) is 0 Å². The topological polar surface area (TPSA) is 72.3 Å². The molecule has 0 spiro atoms. The van der Waals surface area contributed by atoms with Gasteiger partial charge in [-0.2, -0.15) is 0 Å². The molecule has 0 atom stereocenters. The van der Waals surface area contributed by atoms with Crippen molar-refractivity contribution in [1.29, 1.82) is 0 Å². The molecular formula is C20H15NO4. The molecule has 0 saturated carbocycles. The Morgan fingerprint density at radius 1 is 1.12 bits per heavy atom. The van der Waals surface area contributed by atoms with Crippen LogP contribution in [0.5, 0.6) is 5.75 Å². The number of fused-ring (bicyclic) bond motifs is 2. The van der Waals surface area contributed by atoms with E-state index in [9.17, 15) is 9.59 Å². The van der Waals surface area contributed by atoms with E-state index in [0.29, 0.717) is 28.9 Å². The van der Waals surface area contributed by atoms with E-state index >= 15 is 0 Å². The maximum Gasteiger partial charge on any atom is 0.347 e. The van der Waals surface area contributed by atoms with Crippen LogP contribution in [0.2, 0.25) is 0 Å². The minimum absolute atomic E-state index is 0.00546. The van der Waals surface area contributed by atoms with Gasteiger partial charge in [-0.25, -0.2) is 4.79 Å². The number of rotatable bonds is 4. The van der Waals surface area contributed by atoms with Crippen LogP contribution >= 0.6 is 0 Å². The molecule has 0 aliphatic carbocycles. The van der Waals surface area contributed by atoms with Crippen molar-refractivity contribution >= 4 is 27.7 Å². The standard InChI is InChI=1S/C20H15NO4/c1-2-24-17-9-5-6-12-10-14(20(23)25-19(12)17)18(22)15-11-21-16-8-4-3-7-13(15)16/h3-11,21H,2H2,1H3. The van der Waals surface area contributed by atoms with Gasteiger partial charge in [0.1, 0.15) is 5.56 Å². The molecule has 5 heteroatoms. The van der Waals surface area contributed by atoms with Crippen molar-refractivity contribution in [2.75, 3.05) is 6.61 Å².